The highest BCUT2D eigenvalue weighted by molar-refractivity contribution is 7.99. The number of thioether (sulfide) groups is 1. The number of nitrogens with zero attached hydrogens (tertiary/aromatic N) is 1. The number of rotatable bonds is 8. The molecule has 4 rings (SSSR count). The summed E-state index contributed by atoms with van der Waals surface area (Å²) in [4.78, 5) is 27.5. The number of ketones is 1. The number of ether oxygens (including phenoxy) is 4. The van der Waals surface area contributed by atoms with Crippen molar-refractivity contribution in [2.75, 3.05) is 45.5 Å². The summed E-state index contributed by atoms with van der Waals surface area (Å²) in [6.45, 7) is 3.19. The molecule has 3 aliphatic heterocycles. The zero-order valence-electron chi connectivity index (χ0n) is 18.9. The number of carbonyl (C=O) groups is 2. The van der Waals surface area contributed by atoms with Crippen molar-refractivity contribution in [2.24, 2.45) is 0 Å². The topological polar surface area (TPSA) is 74.3 Å². The molecule has 3 heterocycles. The van der Waals surface area contributed by atoms with Crippen LogP contribution in [0.2, 0.25) is 0 Å². The van der Waals surface area contributed by atoms with E-state index in [4.69, 9.17) is 18.9 Å². The van der Waals surface area contributed by atoms with Gasteiger partial charge in [-0.05, 0) is 42.4 Å². The minimum atomic E-state index is -0.527. The molecule has 3 atom stereocenters. The van der Waals surface area contributed by atoms with Crippen molar-refractivity contribution >= 4 is 23.5 Å². The van der Waals surface area contributed by atoms with Gasteiger partial charge in [-0.25, -0.2) is 4.79 Å². The van der Waals surface area contributed by atoms with E-state index in [9.17, 15) is 9.59 Å². The van der Waals surface area contributed by atoms with E-state index in [2.05, 4.69) is 11.0 Å². The molecule has 3 aliphatic rings. The number of benzene rings is 1. The Kier molecular flexibility index (Phi) is 7.30. The Labute approximate surface area is 193 Å². The zero-order valence-corrected chi connectivity index (χ0v) is 19.7. The predicted octanol–water partition coefficient (Wildman–Crippen LogP) is 3.48. The highest BCUT2D eigenvalue weighted by Gasteiger charge is 2.45. The Bertz CT molecular complexity index is 901. The zero-order chi connectivity index (χ0) is 22.7. The molecule has 0 spiro atoms. The number of hydrogen-bond acceptors (Lipinski definition) is 8. The number of methoxy groups -OCH3 is 2. The third kappa shape index (κ3) is 4.35. The Morgan fingerprint density at radius 2 is 2.00 bits per heavy atom. The molecule has 1 fully saturated rings. The van der Waals surface area contributed by atoms with Crippen molar-refractivity contribution in [3.05, 3.63) is 35.0 Å². The van der Waals surface area contributed by atoms with Crippen LogP contribution in [0.25, 0.3) is 0 Å². The van der Waals surface area contributed by atoms with Crippen LogP contribution in [-0.2, 0) is 19.1 Å². The fourth-order valence-corrected chi connectivity index (χ4v) is 6.14. The second-order valence-electron chi connectivity index (χ2n) is 8.22. The van der Waals surface area contributed by atoms with Crippen LogP contribution in [0.1, 0.15) is 49.3 Å². The molecule has 8 heteroatoms. The molecule has 1 saturated heterocycles. The van der Waals surface area contributed by atoms with Gasteiger partial charge >= 0.3 is 5.97 Å². The summed E-state index contributed by atoms with van der Waals surface area (Å²) in [5.74, 6) is 3.05. The van der Waals surface area contributed by atoms with Crippen LogP contribution in [0.4, 0.5) is 0 Å². The lowest BCUT2D eigenvalue weighted by Gasteiger charge is -2.50. The van der Waals surface area contributed by atoms with Gasteiger partial charge in [0.05, 0.1) is 26.4 Å². The smallest absolute Gasteiger partial charge is 0.343 e. The fourth-order valence-electron chi connectivity index (χ4n) is 4.91. The van der Waals surface area contributed by atoms with Crippen LogP contribution in [0.15, 0.2) is 23.9 Å². The molecular formula is C24H31NO6S. The number of carbonyl (C=O) groups excluding carboxylic acids is 2. The molecule has 0 N–H and O–H groups in total. The van der Waals surface area contributed by atoms with E-state index in [-0.39, 0.29) is 36.5 Å². The van der Waals surface area contributed by atoms with Gasteiger partial charge in [-0.1, -0.05) is 0 Å². The summed E-state index contributed by atoms with van der Waals surface area (Å²) in [6.07, 6.45) is 3.81. The van der Waals surface area contributed by atoms with Crippen molar-refractivity contribution in [3.8, 4) is 11.5 Å². The summed E-state index contributed by atoms with van der Waals surface area (Å²) < 4.78 is 21.9. The average molecular weight is 462 g/mol. The van der Waals surface area contributed by atoms with Crippen LogP contribution in [0, 0.1) is 0 Å². The molecule has 0 amide bonds. The summed E-state index contributed by atoms with van der Waals surface area (Å²) >= 11 is 1.95. The molecule has 32 heavy (non-hydrogen) atoms. The molecule has 1 aromatic carbocycles. The Morgan fingerprint density at radius 1 is 1.19 bits per heavy atom. The van der Waals surface area contributed by atoms with Gasteiger partial charge < -0.3 is 23.8 Å². The van der Waals surface area contributed by atoms with Gasteiger partial charge in [-0.3, -0.25) is 4.79 Å². The first kappa shape index (κ1) is 23.0. The van der Waals surface area contributed by atoms with Crippen molar-refractivity contribution in [1.82, 2.24) is 4.90 Å². The SMILES string of the molecule is CCOC(=O)C1=CN2C(CC1=O)c1cc(OC)c(OCCCOC)cc1C1CSCCC12. The van der Waals surface area contributed by atoms with Crippen molar-refractivity contribution in [2.45, 2.75) is 44.2 Å². The summed E-state index contributed by atoms with van der Waals surface area (Å²) in [5, 5.41) is 0. The molecule has 0 aliphatic carbocycles. The van der Waals surface area contributed by atoms with Crippen molar-refractivity contribution < 1.29 is 28.5 Å². The maximum Gasteiger partial charge on any atom is 0.343 e. The summed E-state index contributed by atoms with van der Waals surface area (Å²) in [5.41, 5.74) is 2.47. The maximum absolute atomic E-state index is 12.9. The molecule has 0 aromatic heterocycles. The van der Waals surface area contributed by atoms with Crippen LogP contribution in [0.5, 0.6) is 11.5 Å². The van der Waals surface area contributed by atoms with Crippen molar-refractivity contribution in [1.29, 1.82) is 0 Å². The third-order valence-electron chi connectivity index (χ3n) is 6.39. The Balaban J connectivity index is 1.72. The third-order valence-corrected chi connectivity index (χ3v) is 7.51. The first-order valence-corrected chi connectivity index (χ1v) is 12.3. The van der Waals surface area contributed by atoms with Gasteiger partial charge in [-0.15, -0.1) is 0 Å². The monoisotopic (exact) mass is 461 g/mol. The van der Waals surface area contributed by atoms with E-state index in [0.717, 1.165) is 35.7 Å². The largest absolute Gasteiger partial charge is 0.493 e. The van der Waals surface area contributed by atoms with Crippen molar-refractivity contribution in [3.63, 3.8) is 0 Å². The average Bonchev–Trinajstić information content (AvgIpc) is 2.81. The lowest BCUT2D eigenvalue weighted by molar-refractivity contribution is -0.140. The highest BCUT2D eigenvalue weighted by Crippen LogP contribution is 2.51. The van der Waals surface area contributed by atoms with Gasteiger partial charge in [0.1, 0.15) is 5.57 Å². The molecule has 0 saturated carbocycles. The highest BCUT2D eigenvalue weighted by atomic mass is 32.2. The summed E-state index contributed by atoms with van der Waals surface area (Å²) in [7, 11) is 3.31. The Hall–Kier alpha value is -2.19. The van der Waals surface area contributed by atoms with E-state index in [1.165, 1.54) is 5.56 Å². The van der Waals surface area contributed by atoms with E-state index >= 15 is 0 Å². The van der Waals surface area contributed by atoms with E-state index in [1.807, 2.05) is 17.8 Å². The molecule has 7 nitrogen and oxygen atoms in total. The second-order valence-corrected chi connectivity index (χ2v) is 9.37. The molecule has 0 radical (unpaired) electrons. The molecule has 3 unspecified atom stereocenters. The lowest BCUT2D eigenvalue weighted by Crippen LogP contribution is -2.49. The first-order chi connectivity index (χ1) is 15.6. The quantitative estimate of drug-likeness (QED) is 0.331. The molecular weight excluding hydrogens is 430 g/mol. The number of esters is 1. The minimum Gasteiger partial charge on any atom is -0.493 e. The molecule has 0 bridgehead atoms. The normalized spacial score (nSPS) is 24.1. The standard InChI is InChI=1S/C24H31NO6S/c1-4-30-24(27)17-13-25-19-6-9-32-14-18(19)15-10-23(31-8-5-7-28-2)22(29-3)11-16(15)20(25)12-21(17)26/h10-11,13,18-20H,4-9,12,14H2,1-3H3. The predicted molar refractivity (Wildman–Crippen MR) is 122 cm³/mol. The minimum absolute atomic E-state index is 0.114. The van der Waals surface area contributed by atoms with E-state index < -0.39 is 5.97 Å². The van der Waals surface area contributed by atoms with Crippen LogP contribution in [0.3, 0.4) is 0 Å². The Morgan fingerprint density at radius 3 is 2.75 bits per heavy atom. The second kappa shape index (κ2) is 10.2. The maximum atomic E-state index is 12.9. The number of hydrogen-bond donors (Lipinski definition) is 0. The lowest BCUT2D eigenvalue weighted by atomic mass is 9.76. The fraction of sp³-hybridized carbons (Fsp3) is 0.583. The van der Waals surface area contributed by atoms with Gasteiger partial charge in [0.25, 0.3) is 0 Å². The van der Waals surface area contributed by atoms with Crippen LogP contribution >= 0.6 is 11.8 Å². The van der Waals surface area contributed by atoms with Gasteiger partial charge in [0, 0.05) is 50.5 Å². The number of Topliss-reactive ketones (excluding diaryl/α,β-unsaturated/α-hetero) is 1. The van der Waals surface area contributed by atoms with Gasteiger partial charge in [0.15, 0.2) is 17.3 Å². The number of fused-ring (bicyclic) bond motifs is 6. The summed E-state index contributed by atoms with van der Waals surface area (Å²) in [6, 6.07) is 4.25. The van der Waals surface area contributed by atoms with Gasteiger partial charge in [-0.2, -0.15) is 11.8 Å². The first-order valence-electron chi connectivity index (χ1n) is 11.2. The molecule has 1 aromatic rings. The van der Waals surface area contributed by atoms with E-state index in [0.29, 0.717) is 24.9 Å². The van der Waals surface area contributed by atoms with E-state index in [1.54, 1.807) is 27.3 Å². The van der Waals surface area contributed by atoms with Gasteiger partial charge in [0.2, 0.25) is 0 Å². The van der Waals surface area contributed by atoms with Crippen LogP contribution < -0.4 is 9.47 Å². The molecule has 174 valence electrons. The van der Waals surface area contributed by atoms with Crippen LogP contribution in [-0.4, -0.2) is 68.2 Å².